The Labute approximate surface area is 226 Å². The van der Waals surface area contributed by atoms with Gasteiger partial charge in [-0.05, 0) is 86.0 Å². The molecule has 0 bridgehead atoms. The van der Waals surface area contributed by atoms with Crippen LogP contribution in [-0.2, 0) is 18.3 Å². The number of hydrogen-bond acceptors (Lipinski definition) is 4. The molecule has 2 saturated heterocycles. The van der Waals surface area contributed by atoms with Crippen molar-refractivity contribution in [2.45, 2.75) is 51.9 Å². The zero-order chi connectivity index (χ0) is 26.6. The molecule has 1 atom stereocenters. The van der Waals surface area contributed by atoms with Gasteiger partial charge in [0.15, 0.2) is 0 Å². The highest BCUT2D eigenvalue weighted by Gasteiger charge is 2.29. The molecule has 0 radical (unpaired) electrons. The smallest absolute Gasteiger partial charge is 0.253 e. The van der Waals surface area contributed by atoms with Crippen molar-refractivity contribution in [1.29, 1.82) is 0 Å². The van der Waals surface area contributed by atoms with Crippen molar-refractivity contribution in [3.05, 3.63) is 77.1 Å². The summed E-state index contributed by atoms with van der Waals surface area (Å²) >= 11 is 0. The predicted octanol–water partition coefficient (Wildman–Crippen LogP) is 5.26. The summed E-state index contributed by atoms with van der Waals surface area (Å²) in [6, 6.07) is 14.7. The van der Waals surface area contributed by atoms with Gasteiger partial charge in [-0.2, -0.15) is 5.10 Å². The third-order valence-corrected chi connectivity index (χ3v) is 8.43. The summed E-state index contributed by atoms with van der Waals surface area (Å²) in [5.74, 6) is 0.982. The summed E-state index contributed by atoms with van der Waals surface area (Å²) < 4.78 is 1.82. The van der Waals surface area contributed by atoms with Crippen LogP contribution < -0.4 is 0 Å². The van der Waals surface area contributed by atoms with E-state index in [0.29, 0.717) is 23.7 Å². The first-order valence-electron chi connectivity index (χ1n) is 14.1. The monoisotopic (exact) mass is 512 g/mol. The largest absolute Gasteiger partial charge is 0.339 e. The maximum Gasteiger partial charge on any atom is 0.253 e. The van der Waals surface area contributed by atoms with Gasteiger partial charge in [0.05, 0.1) is 6.20 Å². The highest BCUT2D eigenvalue weighted by Crippen LogP contribution is 2.31. The number of aromatic nitrogens is 2. The molecule has 200 valence electrons. The van der Waals surface area contributed by atoms with Crippen LogP contribution in [-0.4, -0.2) is 64.0 Å². The molecular formula is C32H40N4O2. The lowest BCUT2D eigenvalue weighted by atomic mass is 9.88. The average molecular weight is 513 g/mol. The van der Waals surface area contributed by atoms with Gasteiger partial charge in [0.1, 0.15) is 5.78 Å². The minimum Gasteiger partial charge on any atom is -0.339 e. The summed E-state index contributed by atoms with van der Waals surface area (Å²) in [6.07, 6.45) is 8.35. The van der Waals surface area contributed by atoms with E-state index in [4.69, 9.17) is 0 Å². The minimum atomic E-state index is 0.0825. The van der Waals surface area contributed by atoms with E-state index in [9.17, 15) is 9.59 Å². The first-order valence-corrected chi connectivity index (χ1v) is 14.1. The second-order valence-electron chi connectivity index (χ2n) is 11.2. The van der Waals surface area contributed by atoms with Gasteiger partial charge in [-0.1, -0.05) is 37.3 Å². The molecule has 1 aromatic heterocycles. The first kappa shape index (κ1) is 26.4. The molecule has 2 aliphatic rings. The minimum absolute atomic E-state index is 0.0825. The van der Waals surface area contributed by atoms with Crippen LogP contribution in [0.4, 0.5) is 0 Å². The number of hydrogen-bond donors (Lipinski definition) is 0. The number of piperidine rings is 1. The van der Waals surface area contributed by atoms with Crippen molar-refractivity contribution in [2.75, 3.05) is 32.7 Å². The highest BCUT2D eigenvalue weighted by atomic mass is 16.2. The molecule has 2 aromatic carbocycles. The SMILES string of the molecule is CCCN1CCC(C(=O)Cc2cc(C(=O)N3CCC(c4ccc(-c5cnn(C)c5)cc4)CC3)ccc2C)C1. The van der Waals surface area contributed by atoms with E-state index in [2.05, 4.69) is 41.2 Å². The standard InChI is InChI=1S/C32H40N4O2/c1-4-14-35-15-11-28(22-35)31(37)19-29-18-27(6-5-23(29)2)32(38)36-16-12-26(13-17-36)24-7-9-25(10-8-24)30-20-33-34(3)21-30/h5-10,18,20-21,26,28H,4,11-17,19,22H2,1-3H3. The second kappa shape index (κ2) is 11.6. The van der Waals surface area contributed by atoms with Crippen LogP contribution >= 0.6 is 0 Å². The summed E-state index contributed by atoms with van der Waals surface area (Å²) in [6.45, 7) is 8.71. The molecule has 5 rings (SSSR count). The van der Waals surface area contributed by atoms with E-state index in [1.807, 2.05) is 54.1 Å². The molecule has 3 aromatic rings. The lowest BCUT2D eigenvalue weighted by molar-refractivity contribution is -0.121. The molecule has 1 amide bonds. The summed E-state index contributed by atoms with van der Waals surface area (Å²) in [4.78, 5) is 30.8. The van der Waals surface area contributed by atoms with Crippen LogP contribution in [0.1, 0.15) is 65.6 Å². The lowest BCUT2D eigenvalue weighted by Gasteiger charge is -2.32. The van der Waals surface area contributed by atoms with Crippen molar-refractivity contribution in [2.24, 2.45) is 13.0 Å². The Hall–Kier alpha value is -3.25. The molecule has 0 spiro atoms. The highest BCUT2D eigenvalue weighted by molar-refractivity contribution is 5.95. The molecule has 2 aliphatic heterocycles. The Morgan fingerprint density at radius 1 is 0.974 bits per heavy atom. The number of carbonyl (C=O) groups is 2. The van der Waals surface area contributed by atoms with Crippen LogP contribution in [0.15, 0.2) is 54.9 Å². The number of ketones is 1. The lowest BCUT2D eigenvalue weighted by Crippen LogP contribution is -2.38. The predicted molar refractivity (Wildman–Crippen MR) is 151 cm³/mol. The van der Waals surface area contributed by atoms with E-state index >= 15 is 0 Å². The molecule has 2 fully saturated rings. The second-order valence-corrected chi connectivity index (χ2v) is 11.2. The molecule has 1 unspecified atom stereocenters. The number of rotatable bonds is 8. The van der Waals surface area contributed by atoms with E-state index in [0.717, 1.165) is 75.1 Å². The molecule has 0 aliphatic carbocycles. The van der Waals surface area contributed by atoms with Crippen molar-refractivity contribution < 1.29 is 9.59 Å². The van der Waals surface area contributed by atoms with Gasteiger partial charge in [0, 0.05) is 56.3 Å². The third-order valence-electron chi connectivity index (χ3n) is 8.43. The Bertz CT molecular complexity index is 1270. The van der Waals surface area contributed by atoms with Gasteiger partial charge in [0.25, 0.3) is 5.91 Å². The summed E-state index contributed by atoms with van der Waals surface area (Å²) in [5, 5.41) is 4.27. The van der Waals surface area contributed by atoms with E-state index < -0.39 is 0 Å². The number of nitrogens with zero attached hydrogens (tertiary/aromatic N) is 4. The van der Waals surface area contributed by atoms with Crippen molar-refractivity contribution in [1.82, 2.24) is 19.6 Å². The van der Waals surface area contributed by atoms with Gasteiger partial charge in [-0.15, -0.1) is 0 Å². The Kier molecular flexibility index (Phi) is 8.08. The topological polar surface area (TPSA) is 58.4 Å². The fourth-order valence-corrected chi connectivity index (χ4v) is 6.06. The van der Waals surface area contributed by atoms with Gasteiger partial charge in [-0.25, -0.2) is 0 Å². The average Bonchev–Trinajstić information content (AvgIpc) is 3.59. The zero-order valence-electron chi connectivity index (χ0n) is 23.0. The summed E-state index contributed by atoms with van der Waals surface area (Å²) in [5.41, 5.74) is 6.43. The normalized spacial score (nSPS) is 18.7. The molecule has 6 nitrogen and oxygen atoms in total. The fraction of sp³-hybridized carbons (Fsp3) is 0.469. The number of aryl methyl sites for hydroxylation is 2. The van der Waals surface area contributed by atoms with Gasteiger partial charge in [-0.3, -0.25) is 14.3 Å². The molecule has 0 N–H and O–H groups in total. The first-order chi connectivity index (χ1) is 18.4. The summed E-state index contributed by atoms with van der Waals surface area (Å²) in [7, 11) is 1.93. The maximum absolute atomic E-state index is 13.4. The quantitative estimate of drug-likeness (QED) is 0.413. The molecule has 6 heteroatoms. The number of amides is 1. The van der Waals surface area contributed by atoms with E-state index in [-0.39, 0.29) is 11.8 Å². The Morgan fingerprint density at radius 3 is 2.42 bits per heavy atom. The molecular weight excluding hydrogens is 472 g/mol. The third kappa shape index (κ3) is 5.91. The molecule has 0 saturated carbocycles. The van der Waals surface area contributed by atoms with Gasteiger partial charge in [0.2, 0.25) is 0 Å². The van der Waals surface area contributed by atoms with Crippen molar-refractivity contribution >= 4 is 11.7 Å². The van der Waals surface area contributed by atoms with Crippen LogP contribution in [0.25, 0.3) is 11.1 Å². The number of Topliss-reactive ketones (excluding diaryl/α,β-unsaturated/α-hetero) is 1. The number of benzene rings is 2. The van der Waals surface area contributed by atoms with Gasteiger partial charge < -0.3 is 9.80 Å². The van der Waals surface area contributed by atoms with Crippen LogP contribution in [0.5, 0.6) is 0 Å². The Balaban J connectivity index is 1.17. The maximum atomic E-state index is 13.4. The van der Waals surface area contributed by atoms with Crippen LogP contribution in [0.3, 0.4) is 0 Å². The van der Waals surface area contributed by atoms with Crippen LogP contribution in [0.2, 0.25) is 0 Å². The van der Waals surface area contributed by atoms with E-state index in [1.54, 1.807) is 0 Å². The van der Waals surface area contributed by atoms with Crippen LogP contribution in [0, 0.1) is 12.8 Å². The van der Waals surface area contributed by atoms with Crippen molar-refractivity contribution in [3.8, 4) is 11.1 Å². The zero-order valence-corrected chi connectivity index (χ0v) is 23.0. The van der Waals surface area contributed by atoms with Crippen molar-refractivity contribution in [3.63, 3.8) is 0 Å². The van der Waals surface area contributed by atoms with Gasteiger partial charge >= 0.3 is 0 Å². The fourth-order valence-electron chi connectivity index (χ4n) is 6.06. The van der Waals surface area contributed by atoms with E-state index in [1.165, 1.54) is 11.1 Å². The Morgan fingerprint density at radius 2 is 1.74 bits per heavy atom. The number of carbonyl (C=O) groups excluding carboxylic acids is 2. The molecule has 38 heavy (non-hydrogen) atoms. The molecule has 3 heterocycles. The number of likely N-dealkylation sites (tertiary alicyclic amines) is 2.